The van der Waals surface area contributed by atoms with Gasteiger partial charge in [-0.15, -0.1) is 0 Å². The van der Waals surface area contributed by atoms with Gasteiger partial charge in [-0.2, -0.15) is 0 Å². The highest BCUT2D eigenvalue weighted by atomic mass is 35.5. The highest BCUT2D eigenvalue weighted by Gasteiger charge is 2.26. The lowest BCUT2D eigenvalue weighted by Gasteiger charge is -2.23. The van der Waals surface area contributed by atoms with Crippen molar-refractivity contribution < 1.29 is 8.42 Å². The maximum absolute atomic E-state index is 12.6. The number of aryl methyl sites for hydroxylation is 1. The second-order valence-electron chi connectivity index (χ2n) is 3.89. The number of sulfonamides is 1. The van der Waals surface area contributed by atoms with Crippen LogP contribution < -0.4 is 4.31 Å². The molecule has 2 rings (SSSR count). The van der Waals surface area contributed by atoms with Gasteiger partial charge in [0.15, 0.2) is 8.68 Å². The molecule has 0 saturated heterocycles. The molecule has 0 saturated carbocycles. The van der Waals surface area contributed by atoms with E-state index in [0.717, 1.165) is 16.9 Å². The largest absolute Gasteiger partial charge is 0.275 e. The van der Waals surface area contributed by atoms with Crippen molar-refractivity contribution in [3.63, 3.8) is 0 Å². The lowest BCUT2D eigenvalue weighted by molar-refractivity contribution is 0.593. The third-order valence-corrected chi connectivity index (χ3v) is 6.11. The predicted octanol–water partition coefficient (Wildman–Crippen LogP) is 3.32. The van der Waals surface area contributed by atoms with Crippen molar-refractivity contribution in [2.24, 2.45) is 0 Å². The number of hydrogen-bond acceptors (Lipinski definition) is 4. The van der Waals surface area contributed by atoms with E-state index in [4.69, 9.17) is 11.6 Å². The zero-order valence-electron chi connectivity index (χ0n) is 10.5. The Morgan fingerprint density at radius 3 is 2.58 bits per heavy atom. The van der Waals surface area contributed by atoms with Crippen LogP contribution in [0.25, 0.3) is 0 Å². The molecular weight excluding hydrogens is 304 g/mol. The summed E-state index contributed by atoms with van der Waals surface area (Å²) in [5, 5.41) is 0. The second-order valence-corrected chi connectivity index (χ2v) is 7.59. The van der Waals surface area contributed by atoms with Crippen molar-refractivity contribution in [1.29, 1.82) is 0 Å². The Balaban J connectivity index is 2.51. The fraction of sp³-hybridized carbons (Fsp3) is 0.250. The monoisotopic (exact) mass is 316 g/mol. The molecule has 0 radical (unpaired) electrons. The Morgan fingerprint density at radius 2 is 2.05 bits per heavy atom. The average molecular weight is 317 g/mol. The summed E-state index contributed by atoms with van der Waals surface area (Å²) in [5.41, 5.74) is 1.58. The summed E-state index contributed by atoms with van der Waals surface area (Å²) in [4.78, 5) is 3.79. The predicted molar refractivity (Wildman–Crippen MR) is 78.5 cm³/mol. The summed E-state index contributed by atoms with van der Waals surface area (Å²) in [6, 6.07) is 7.37. The maximum Gasteiger partial charge on any atom is 0.275 e. The Kier molecular flexibility index (Phi) is 4.13. The van der Waals surface area contributed by atoms with Gasteiger partial charge in [0.05, 0.1) is 11.9 Å². The van der Waals surface area contributed by atoms with Crippen LogP contribution in [-0.4, -0.2) is 19.9 Å². The zero-order valence-corrected chi connectivity index (χ0v) is 12.9. The molecule has 0 unspecified atom stereocenters. The minimum atomic E-state index is -3.60. The Morgan fingerprint density at radius 1 is 1.37 bits per heavy atom. The van der Waals surface area contributed by atoms with E-state index in [9.17, 15) is 8.42 Å². The lowest BCUT2D eigenvalue weighted by atomic mass is 10.2. The van der Waals surface area contributed by atoms with Crippen LogP contribution in [-0.2, 0) is 10.0 Å². The van der Waals surface area contributed by atoms with Gasteiger partial charge < -0.3 is 0 Å². The molecule has 4 nitrogen and oxygen atoms in total. The van der Waals surface area contributed by atoms with Crippen LogP contribution in [0.4, 0.5) is 5.69 Å². The van der Waals surface area contributed by atoms with Crippen molar-refractivity contribution in [1.82, 2.24) is 4.98 Å². The number of anilines is 1. The molecule has 19 heavy (non-hydrogen) atoms. The molecule has 0 atom stereocenters. The zero-order chi connectivity index (χ0) is 14.0. The van der Waals surface area contributed by atoms with Gasteiger partial charge >= 0.3 is 0 Å². The standard InChI is InChI=1S/C12H13ClN2O2S2/c1-3-15(10-7-5-4-6-9(10)2)19(16,17)11-8-14-12(13)18-11/h4-8H,3H2,1-2H3. The first-order chi connectivity index (χ1) is 8.96. The molecule has 2 aromatic rings. The van der Waals surface area contributed by atoms with Crippen molar-refractivity contribution >= 4 is 38.6 Å². The molecule has 7 heteroatoms. The number of rotatable bonds is 4. The third kappa shape index (κ3) is 2.75. The molecule has 1 aromatic carbocycles. The second kappa shape index (κ2) is 5.48. The molecule has 0 aliphatic heterocycles. The summed E-state index contributed by atoms with van der Waals surface area (Å²) in [5.74, 6) is 0. The average Bonchev–Trinajstić information content (AvgIpc) is 2.80. The number of benzene rings is 1. The number of para-hydroxylation sites is 1. The van der Waals surface area contributed by atoms with Crippen molar-refractivity contribution in [2.45, 2.75) is 18.1 Å². The van der Waals surface area contributed by atoms with Crippen molar-refractivity contribution in [2.75, 3.05) is 10.8 Å². The number of thiazole rings is 1. The van der Waals surface area contributed by atoms with Gasteiger partial charge in [-0.3, -0.25) is 4.31 Å². The number of hydrogen-bond donors (Lipinski definition) is 0. The van der Waals surface area contributed by atoms with Crippen molar-refractivity contribution in [3.8, 4) is 0 Å². The van der Waals surface area contributed by atoms with Crippen LogP contribution in [0.2, 0.25) is 4.47 Å². The fourth-order valence-corrected chi connectivity index (χ4v) is 4.73. The molecule has 0 amide bonds. The number of aromatic nitrogens is 1. The first-order valence-corrected chi connectivity index (χ1v) is 8.30. The minimum Gasteiger partial charge on any atom is -0.266 e. The minimum absolute atomic E-state index is 0.155. The Bertz CT molecular complexity index is 683. The van der Waals surface area contributed by atoms with Crippen molar-refractivity contribution in [3.05, 3.63) is 40.5 Å². The molecule has 1 heterocycles. The normalized spacial score (nSPS) is 11.5. The van der Waals surface area contributed by atoms with Crippen LogP contribution in [0, 0.1) is 6.92 Å². The first-order valence-electron chi connectivity index (χ1n) is 5.66. The molecule has 1 aromatic heterocycles. The van der Waals surface area contributed by atoms with E-state index >= 15 is 0 Å². The molecule has 102 valence electrons. The van der Waals surface area contributed by atoms with Gasteiger partial charge in [0, 0.05) is 6.54 Å². The van der Waals surface area contributed by atoms with Gasteiger partial charge in [-0.25, -0.2) is 13.4 Å². The van der Waals surface area contributed by atoms with E-state index in [1.54, 1.807) is 13.0 Å². The van der Waals surface area contributed by atoms with Gasteiger partial charge in [0.25, 0.3) is 10.0 Å². The summed E-state index contributed by atoms with van der Waals surface area (Å²) in [7, 11) is -3.60. The quantitative estimate of drug-likeness (QED) is 0.869. The van der Waals surface area contributed by atoms with E-state index in [1.807, 2.05) is 25.1 Å². The molecule has 0 aliphatic carbocycles. The smallest absolute Gasteiger partial charge is 0.266 e. The highest BCUT2D eigenvalue weighted by molar-refractivity contribution is 7.94. The Hall–Kier alpha value is -1.11. The van der Waals surface area contributed by atoms with Gasteiger partial charge in [-0.1, -0.05) is 41.1 Å². The maximum atomic E-state index is 12.6. The molecule has 0 bridgehead atoms. The summed E-state index contributed by atoms with van der Waals surface area (Å²) in [6.45, 7) is 4.03. The van der Waals surface area contributed by atoms with Gasteiger partial charge in [0.1, 0.15) is 0 Å². The molecule has 0 fully saturated rings. The van der Waals surface area contributed by atoms with Crippen LogP contribution >= 0.6 is 22.9 Å². The summed E-state index contributed by atoms with van der Waals surface area (Å²) < 4.78 is 26.9. The van der Waals surface area contributed by atoms with Gasteiger partial charge in [0.2, 0.25) is 0 Å². The fourth-order valence-electron chi connectivity index (χ4n) is 1.78. The van der Waals surface area contributed by atoms with Crippen LogP contribution in [0.5, 0.6) is 0 Å². The topological polar surface area (TPSA) is 50.3 Å². The number of nitrogens with zero attached hydrogens (tertiary/aromatic N) is 2. The van der Waals surface area contributed by atoms with Gasteiger partial charge in [-0.05, 0) is 25.5 Å². The molecule has 0 N–H and O–H groups in total. The first kappa shape index (κ1) is 14.3. The number of halogens is 1. The lowest BCUT2D eigenvalue weighted by Crippen LogP contribution is -2.30. The van der Waals surface area contributed by atoms with E-state index in [1.165, 1.54) is 10.5 Å². The van der Waals surface area contributed by atoms with E-state index < -0.39 is 10.0 Å². The Labute approximate surface area is 121 Å². The third-order valence-electron chi connectivity index (χ3n) is 2.67. The summed E-state index contributed by atoms with van der Waals surface area (Å²) >= 11 is 6.68. The molecular formula is C12H13ClN2O2S2. The van der Waals surface area contributed by atoms with E-state index in [0.29, 0.717) is 12.2 Å². The highest BCUT2D eigenvalue weighted by Crippen LogP contribution is 2.30. The van der Waals surface area contributed by atoms with Crippen LogP contribution in [0.15, 0.2) is 34.7 Å². The van der Waals surface area contributed by atoms with Crippen LogP contribution in [0.1, 0.15) is 12.5 Å². The van der Waals surface area contributed by atoms with E-state index in [2.05, 4.69) is 4.98 Å². The van der Waals surface area contributed by atoms with E-state index in [-0.39, 0.29) is 8.68 Å². The SMILES string of the molecule is CCN(c1ccccc1C)S(=O)(=O)c1cnc(Cl)s1. The summed E-state index contributed by atoms with van der Waals surface area (Å²) in [6.07, 6.45) is 1.29. The molecule has 0 spiro atoms. The molecule has 0 aliphatic rings. The van der Waals surface area contributed by atoms with Crippen LogP contribution in [0.3, 0.4) is 0 Å².